The Balaban J connectivity index is 1.33. The Bertz CT molecular complexity index is 1370. The van der Waals surface area contributed by atoms with Crippen molar-refractivity contribution in [1.82, 2.24) is 29.5 Å². The molecule has 1 aliphatic carbocycles. The number of hydrogen-bond acceptors (Lipinski definition) is 6. The van der Waals surface area contributed by atoms with E-state index in [0.29, 0.717) is 54.9 Å². The Hall–Kier alpha value is -4.01. The first-order valence-electron chi connectivity index (χ1n) is 11.5. The number of rotatable bonds is 4. The highest BCUT2D eigenvalue weighted by Crippen LogP contribution is 2.41. The zero-order valence-corrected chi connectivity index (χ0v) is 18.8. The molecule has 4 aromatic rings. The van der Waals surface area contributed by atoms with Gasteiger partial charge in [0.15, 0.2) is 17.2 Å². The first-order chi connectivity index (χ1) is 16.6. The van der Waals surface area contributed by atoms with Crippen molar-refractivity contribution in [2.75, 3.05) is 26.2 Å². The molecule has 1 saturated carbocycles. The predicted molar refractivity (Wildman–Crippen MR) is 124 cm³/mol. The molecule has 0 unspecified atom stereocenters. The van der Waals surface area contributed by atoms with Crippen LogP contribution in [0.3, 0.4) is 0 Å². The van der Waals surface area contributed by atoms with E-state index < -0.39 is 0 Å². The highest BCUT2D eigenvalue weighted by molar-refractivity contribution is 6.07. The molecule has 172 valence electrons. The standard InChI is InChI=1S/C25H24N6O3/c1-16-22-18(24(32)29-10-12-30(13-11-29)25(33)20-5-4-14-34-20)15-19(17-7-8-17)27-23(22)31(28-16)21-6-2-3-9-26-21/h2-6,9,14-15,17H,7-8,10-13H2,1H3. The fourth-order valence-electron chi connectivity index (χ4n) is 4.54. The van der Waals surface area contributed by atoms with Crippen LogP contribution in [0.1, 0.15) is 51.1 Å². The Kier molecular flexibility index (Phi) is 4.90. The van der Waals surface area contributed by atoms with Crippen LogP contribution in [0, 0.1) is 6.92 Å². The van der Waals surface area contributed by atoms with E-state index >= 15 is 0 Å². The van der Waals surface area contributed by atoms with Crippen molar-refractivity contribution in [2.24, 2.45) is 0 Å². The van der Waals surface area contributed by atoms with Gasteiger partial charge in [-0.3, -0.25) is 9.59 Å². The lowest BCUT2D eigenvalue weighted by Gasteiger charge is -2.34. The number of carbonyl (C=O) groups excluding carboxylic acids is 2. The van der Waals surface area contributed by atoms with E-state index in [-0.39, 0.29) is 11.8 Å². The number of nitrogens with zero attached hydrogens (tertiary/aromatic N) is 6. The molecule has 1 aliphatic heterocycles. The van der Waals surface area contributed by atoms with Crippen molar-refractivity contribution in [1.29, 1.82) is 0 Å². The lowest BCUT2D eigenvalue weighted by atomic mass is 10.1. The number of fused-ring (bicyclic) bond motifs is 1. The molecule has 0 bridgehead atoms. The molecular formula is C25H24N6O3. The van der Waals surface area contributed by atoms with Gasteiger partial charge in [-0.1, -0.05) is 6.07 Å². The van der Waals surface area contributed by atoms with Crippen molar-refractivity contribution in [2.45, 2.75) is 25.7 Å². The summed E-state index contributed by atoms with van der Waals surface area (Å²) >= 11 is 0. The molecule has 0 atom stereocenters. The average molecular weight is 457 g/mol. The molecule has 0 aromatic carbocycles. The first kappa shape index (κ1) is 20.6. The second-order valence-corrected chi connectivity index (χ2v) is 8.81. The van der Waals surface area contributed by atoms with Gasteiger partial charge in [0.05, 0.1) is 22.9 Å². The van der Waals surface area contributed by atoms with Crippen LogP contribution in [0.2, 0.25) is 0 Å². The number of amides is 2. The van der Waals surface area contributed by atoms with Crippen LogP contribution in [0.15, 0.2) is 53.3 Å². The Morgan fingerprint density at radius 1 is 1.00 bits per heavy atom. The summed E-state index contributed by atoms with van der Waals surface area (Å²) in [6, 6.07) is 11.0. The number of aryl methyl sites for hydroxylation is 1. The zero-order chi connectivity index (χ0) is 23.2. The highest BCUT2D eigenvalue weighted by Gasteiger charge is 2.32. The summed E-state index contributed by atoms with van der Waals surface area (Å²) < 4.78 is 6.97. The number of pyridine rings is 2. The highest BCUT2D eigenvalue weighted by atomic mass is 16.3. The van der Waals surface area contributed by atoms with Crippen molar-refractivity contribution < 1.29 is 14.0 Å². The van der Waals surface area contributed by atoms with Gasteiger partial charge in [0.25, 0.3) is 11.8 Å². The van der Waals surface area contributed by atoms with E-state index in [1.165, 1.54) is 6.26 Å². The molecule has 4 aromatic heterocycles. The Morgan fingerprint density at radius 3 is 2.41 bits per heavy atom. The second kappa shape index (κ2) is 8.09. The van der Waals surface area contributed by atoms with Gasteiger partial charge >= 0.3 is 0 Å². The van der Waals surface area contributed by atoms with Crippen LogP contribution in [0.4, 0.5) is 0 Å². The topological polar surface area (TPSA) is 97.4 Å². The zero-order valence-electron chi connectivity index (χ0n) is 18.8. The number of carbonyl (C=O) groups is 2. The van der Waals surface area contributed by atoms with Gasteiger partial charge in [0.2, 0.25) is 0 Å². The lowest BCUT2D eigenvalue weighted by Crippen LogP contribution is -2.50. The normalized spacial score (nSPS) is 16.3. The number of furan rings is 1. The molecule has 0 spiro atoms. The fraction of sp³-hybridized carbons (Fsp3) is 0.320. The van der Waals surface area contributed by atoms with Gasteiger partial charge in [-0.25, -0.2) is 9.97 Å². The molecule has 9 nitrogen and oxygen atoms in total. The lowest BCUT2D eigenvalue weighted by molar-refractivity contribution is 0.0519. The van der Waals surface area contributed by atoms with Gasteiger partial charge in [-0.15, -0.1) is 0 Å². The summed E-state index contributed by atoms with van der Waals surface area (Å²) in [6.45, 7) is 3.74. The van der Waals surface area contributed by atoms with Crippen LogP contribution in [-0.2, 0) is 0 Å². The third-order valence-corrected chi connectivity index (χ3v) is 6.51. The maximum absolute atomic E-state index is 13.7. The van der Waals surface area contributed by atoms with E-state index in [1.807, 2.05) is 36.1 Å². The summed E-state index contributed by atoms with van der Waals surface area (Å²) in [7, 11) is 0. The molecule has 0 N–H and O–H groups in total. The van der Waals surface area contributed by atoms with E-state index in [4.69, 9.17) is 14.5 Å². The Morgan fingerprint density at radius 2 is 1.76 bits per heavy atom. The van der Waals surface area contributed by atoms with Crippen LogP contribution in [-0.4, -0.2) is 67.5 Å². The van der Waals surface area contributed by atoms with E-state index in [2.05, 4.69) is 4.98 Å². The number of hydrogen-bond donors (Lipinski definition) is 0. The Labute approximate surface area is 196 Å². The smallest absolute Gasteiger partial charge is 0.289 e. The van der Waals surface area contributed by atoms with E-state index in [1.54, 1.807) is 27.9 Å². The van der Waals surface area contributed by atoms with Crippen molar-refractivity contribution in [3.05, 3.63) is 71.6 Å². The minimum atomic E-state index is -0.146. The molecule has 2 amide bonds. The first-order valence-corrected chi connectivity index (χ1v) is 11.5. The van der Waals surface area contributed by atoms with Crippen molar-refractivity contribution >= 4 is 22.8 Å². The van der Waals surface area contributed by atoms with Crippen LogP contribution in [0.25, 0.3) is 16.9 Å². The second-order valence-electron chi connectivity index (χ2n) is 8.81. The predicted octanol–water partition coefficient (Wildman–Crippen LogP) is 3.19. The molecular weight excluding hydrogens is 432 g/mol. The molecule has 9 heteroatoms. The van der Waals surface area contributed by atoms with Gasteiger partial charge < -0.3 is 14.2 Å². The number of aromatic nitrogens is 4. The molecule has 2 aliphatic rings. The molecule has 2 fully saturated rings. The van der Waals surface area contributed by atoms with Crippen LogP contribution >= 0.6 is 0 Å². The summed E-state index contributed by atoms with van der Waals surface area (Å²) in [5.74, 6) is 1.17. The molecule has 5 heterocycles. The van der Waals surface area contributed by atoms with Crippen molar-refractivity contribution in [3.8, 4) is 5.82 Å². The van der Waals surface area contributed by atoms with Gasteiger partial charge in [0.1, 0.15) is 0 Å². The summed E-state index contributed by atoms with van der Waals surface area (Å²) in [4.78, 5) is 39.2. The van der Waals surface area contributed by atoms with Gasteiger partial charge in [-0.2, -0.15) is 9.78 Å². The van der Waals surface area contributed by atoms with Gasteiger partial charge in [-0.05, 0) is 50.1 Å². The molecule has 0 radical (unpaired) electrons. The quantitative estimate of drug-likeness (QED) is 0.468. The fourth-order valence-corrected chi connectivity index (χ4v) is 4.54. The van der Waals surface area contributed by atoms with E-state index in [0.717, 1.165) is 29.6 Å². The molecule has 34 heavy (non-hydrogen) atoms. The average Bonchev–Trinajstić information content (AvgIpc) is 3.48. The summed E-state index contributed by atoms with van der Waals surface area (Å²) in [6.07, 6.45) is 5.37. The van der Waals surface area contributed by atoms with Crippen LogP contribution in [0.5, 0.6) is 0 Å². The van der Waals surface area contributed by atoms with E-state index in [9.17, 15) is 9.59 Å². The maximum atomic E-state index is 13.7. The minimum absolute atomic E-state index is 0.0527. The largest absolute Gasteiger partial charge is 0.459 e. The van der Waals surface area contributed by atoms with Crippen LogP contribution < -0.4 is 0 Å². The van der Waals surface area contributed by atoms with Gasteiger partial charge in [0, 0.05) is 44.0 Å². The maximum Gasteiger partial charge on any atom is 0.289 e. The third-order valence-electron chi connectivity index (χ3n) is 6.51. The monoisotopic (exact) mass is 456 g/mol. The summed E-state index contributed by atoms with van der Waals surface area (Å²) in [5.41, 5.74) is 2.96. The molecule has 1 saturated heterocycles. The third kappa shape index (κ3) is 3.53. The number of piperazine rings is 1. The van der Waals surface area contributed by atoms with Crippen molar-refractivity contribution in [3.63, 3.8) is 0 Å². The SMILES string of the molecule is Cc1nn(-c2ccccn2)c2nc(C3CC3)cc(C(=O)N3CCN(C(=O)c4ccco4)CC3)c12. The minimum Gasteiger partial charge on any atom is -0.459 e. The molecule has 6 rings (SSSR count). The summed E-state index contributed by atoms with van der Waals surface area (Å²) in [5, 5.41) is 5.45.